The zero-order chi connectivity index (χ0) is 14.9. The number of likely N-dealkylation sites (tertiary alicyclic amines) is 1. The molecular weight excluding hydrogens is 264 g/mol. The predicted molar refractivity (Wildman–Crippen MR) is 85.5 cm³/mol. The number of amides is 2. The van der Waals surface area contributed by atoms with Crippen LogP contribution < -0.4 is 10.6 Å². The topological polar surface area (TPSA) is 57.3 Å². The Balaban J connectivity index is 1.53. The van der Waals surface area contributed by atoms with E-state index in [4.69, 9.17) is 0 Å². The van der Waals surface area contributed by atoms with Crippen molar-refractivity contribution in [2.75, 3.05) is 31.5 Å². The summed E-state index contributed by atoms with van der Waals surface area (Å²) in [6.07, 6.45) is 7.90. The van der Waals surface area contributed by atoms with E-state index in [1.165, 1.54) is 32.4 Å². The summed E-state index contributed by atoms with van der Waals surface area (Å²) in [5.41, 5.74) is 1.67. The van der Waals surface area contributed by atoms with Gasteiger partial charge >= 0.3 is 6.03 Å². The third kappa shape index (κ3) is 6.12. The van der Waals surface area contributed by atoms with E-state index in [9.17, 15) is 4.79 Å². The van der Waals surface area contributed by atoms with Crippen molar-refractivity contribution in [2.45, 2.75) is 39.0 Å². The number of hydrogen-bond donors (Lipinski definition) is 2. The number of carbonyl (C=O) groups excluding carboxylic acids is 1. The Labute approximate surface area is 127 Å². The Morgan fingerprint density at radius 2 is 2.05 bits per heavy atom. The molecule has 2 amide bonds. The van der Waals surface area contributed by atoms with Gasteiger partial charge in [0.1, 0.15) is 0 Å². The standard InChI is InChI=1S/C16H26N4O/c1-14-7-8-15(13-18-14)19-16(21)17-9-3-6-12-20-10-4-2-5-11-20/h7-8,13H,2-6,9-12H2,1H3,(H2,17,19,21). The Bertz CT molecular complexity index is 426. The fourth-order valence-electron chi connectivity index (χ4n) is 2.56. The molecule has 5 nitrogen and oxygen atoms in total. The molecule has 0 atom stereocenters. The van der Waals surface area contributed by atoms with E-state index in [0.717, 1.165) is 37.3 Å². The fraction of sp³-hybridized carbons (Fsp3) is 0.625. The molecule has 1 aliphatic rings. The van der Waals surface area contributed by atoms with Gasteiger partial charge in [-0.3, -0.25) is 4.98 Å². The quantitative estimate of drug-likeness (QED) is 0.792. The highest BCUT2D eigenvalue weighted by Crippen LogP contribution is 2.09. The number of unbranched alkanes of at least 4 members (excludes halogenated alkanes) is 1. The van der Waals surface area contributed by atoms with Crippen LogP contribution in [0.5, 0.6) is 0 Å². The summed E-state index contributed by atoms with van der Waals surface area (Å²) in [5, 5.41) is 5.67. The number of anilines is 1. The first kappa shape index (κ1) is 15.8. The Morgan fingerprint density at radius 1 is 1.24 bits per heavy atom. The van der Waals surface area contributed by atoms with Crippen LogP contribution in [0, 0.1) is 6.92 Å². The van der Waals surface area contributed by atoms with E-state index in [1.807, 2.05) is 19.1 Å². The monoisotopic (exact) mass is 290 g/mol. The van der Waals surface area contributed by atoms with E-state index in [-0.39, 0.29) is 6.03 Å². The van der Waals surface area contributed by atoms with Gasteiger partial charge in [0, 0.05) is 12.2 Å². The van der Waals surface area contributed by atoms with Gasteiger partial charge in [0.25, 0.3) is 0 Å². The number of aromatic nitrogens is 1. The lowest BCUT2D eigenvalue weighted by atomic mass is 10.1. The van der Waals surface area contributed by atoms with Crippen LogP contribution in [0.15, 0.2) is 18.3 Å². The highest BCUT2D eigenvalue weighted by atomic mass is 16.2. The van der Waals surface area contributed by atoms with Gasteiger partial charge in [-0.25, -0.2) is 4.79 Å². The second kappa shape index (κ2) is 8.62. The zero-order valence-corrected chi connectivity index (χ0v) is 12.9. The molecule has 5 heteroatoms. The summed E-state index contributed by atoms with van der Waals surface area (Å²) in [6.45, 7) is 6.29. The first-order chi connectivity index (χ1) is 10.2. The van der Waals surface area contributed by atoms with Crippen molar-refractivity contribution in [3.63, 3.8) is 0 Å². The molecule has 1 saturated heterocycles. The number of pyridine rings is 1. The number of nitrogens with one attached hydrogen (secondary N) is 2. The number of piperidine rings is 1. The summed E-state index contributed by atoms with van der Waals surface area (Å²) in [7, 11) is 0. The molecule has 116 valence electrons. The van der Waals surface area contributed by atoms with Gasteiger partial charge < -0.3 is 15.5 Å². The summed E-state index contributed by atoms with van der Waals surface area (Å²) < 4.78 is 0. The molecule has 0 aliphatic carbocycles. The number of aryl methyl sites for hydroxylation is 1. The van der Waals surface area contributed by atoms with Gasteiger partial charge in [0.05, 0.1) is 11.9 Å². The van der Waals surface area contributed by atoms with Crippen LogP contribution >= 0.6 is 0 Å². The van der Waals surface area contributed by atoms with Gasteiger partial charge in [-0.2, -0.15) is 0 Å². The molecule has 0 radical (unpaired) electrons. The molecule has 21 heavy (non-hydrogen) atoms. The van der Waals surface area contributed by atoms with Crippen LogP contribution in [0.1, 0.15) is 37.8 Å². The molecule has 1 aromatic rings. The van der Waals surface area contributed by atoms with Crippen LogP contribution in [0.2, 0.25) is 0 Å². The van der Waals surface area contributed by atoms with Gasteiger partial charge in [0.2, 0.25) is 0 Å². The van der Waals surface area contributed by atoms with E-state index in [0.29, 0.717) is 0 Å². The third-order valence-electron chi connectivity index (χ3n) is 3.80. The van der Waals surface area contributed by atoms with E-state index in [2.05, 4.69) is 20.5 Å². The molecule has 0 spiro atoms. The summed E-state index contributed by atoms with van der Waals surface area (Å²) >= 11 is 0. The lowest BCUT2D eigenvalue weighted by Gasteiger charge is -2.26. The lowest BCUT2D eigenvalue weighted by molar-refractivity contribution is 0.224. The number of carbonyl (C=O) groups is 1. The average molecular weight is 290 g/mol. The second-order valence-electron chi connectivity index (χ2n) is 5.68. The SMILES string of the molecule is Cc1ccc(NC(=O)NCCCCN2CCCCC2)cn1. The average Bonchev–Trinajstić information content (AvgIpc) is 2.50. The van der Waals surface area contributed by atoms with Gasteiger partial charge in [0.15, 0.2) is 0 Å². The molecule has 2 rings (SSSR count). The minimum atomic E-state index is -0.154. The molecule has 1 fully saturated rings. The van der Waals surface area contributed by atoms with E-state index in [1.54, 1.807) is 6.20 Å². The van der Waals surface area contributed by atoms with Crippen LogP contribution in [0.4, 0.5) is 10.5 Å². The predicted octanol–water partition coefficient (Wildman–Crippen LogP) is 2.78. The highest BCUT2D eigenvalue weighted by Gasteiger charge is 2.09. The van der Waals surface area contributed by atoms with Crippen LogP contribution in [-0.2, 0) is 0 Å². The largest absolute Gasteiger partial charge is 0.338 e. The number of rotatable bonds is 6. The van der Waals surface area contributed by atoms with E-state index < -0.39 is 0 Å². The fourth-order valence-corrected chi connectivity index (χ4v) is 2.56. The van der Waals surface area contributed by atoms with Gasteiger partial charge in [-0.05, 0) is 64.4 Å². The molecule has 1 aliphatic heterocycles. The van der Waals surface area contributed by atoms with Gasteiger partial charge in [-0.1, -0.05) is 6.42 Å². The zero-order valence-electron chi connectivity index (χ0n) is 12.9. The summed E-state index contributed by atoms with van der Waals surface area (Å²) in [4.78, 5) is 18.4. The minimum absolute atomic E-state index is 0.154. The smallest absolute Gasteiger partial charge is 0.319 e. The van der Waals surface area contributed by atoms with Crippen LogP contribution in [0.3, 0.4) is 0 Å². The maximum Gasteiger partial charge on any atom is 0.319 e. The summed E-state index contributed by atoms with van der Waals surface area (Å²) in [5.74, 6) is 0. The molecule has 1 aromatic heterocycles. The highest BCUT2D eigenvalue weighted by molar-refractivity contribution is 5.88. The molecule has 2 heterocycles. The molecule has 0 bridgehead atoms. The van der Waals surface area contributed by atoms with Crippen molar-refractivity contribution < 1.29 is 4.79 Å². The number of urea groups is 1. The van der Waals surface area contributed by atoms with Crippen molar-refractivity contribution in [3.8, 4) is 0 Å². The first-order valence-electron chi connectivity index (χ1n) is 7.94. The van der Waals surface area contributed by atoms with Crippen molar-refractivity contribution in [1.29, 1.82) is 0 Å². The van der Waals surface area contributed by atoms with Crippen molar-refractivity contribution in [1.82, 2.24) is 15.2 Å². The second-order valence-corrected chi connectivity index (χ2v) is 5.68. The van der Waals surface area contributed by atoms with Gasteiger partial charge in [-0.15, -0.1) is 0 Å². The minimum Gasteiger partial charge on any atom is -0.338 e. The Hall–Kier alpha value is -1.62. The Morgan fingerprint density at radius 3 is 2.76 bits per heavy atom. The van der Waals surface area contributed by atoms with Crippen LogP contribution in [-0.4, -0.2) is 42.1 Å². The van der Waals surface area contributed by atoms with Crippen molar-refractivity contribution >= 4 is 11.7 Å². The normalized spacial score (nSPS) is 15.7. The summed E-state index contributed by atoms with van der Waals surface area (Å²) in [6, 6.07) is 3.59. The molecule has 2 N–H and O–H groups in total. The molecule has 0 unspecified atom stereocenters. The molecule has 0 saturated carbocycles. The maximum atomic E-state index is 11.7. The van der Waals surface area contributed by atoms with Crippen molar-refractivity contribution in [2.24, 2.45) is 0 Å². The lowest BCUT2D eigenvalue weighted by Crippen LogP contribution is -2.32. The first-order valence-corrected chi connectivity index (χ1v) is 7.94. The van der Waals surface area contributed by atoms with Crippen LogP contribution in [0.25, 0.3) is 0 Å². The number of hydrogen-bond acceptors (Lipinski definition) is 3. The Kier molecular flexibility index (Phi) is 6.47. The maximum absolute atomic E-state index is 11.7. The molecular formula is C16H26N4O. The van der Waals surface area contributed by atoms with Crippen molar-refractivity contribution in [3.05, 3.63) is 24.0 Å². The van der Waals surface area contributed by atoms with E-state index >= 15 is 0 Å². The molecule has 0 aromatic carbocycles. The third-order valence-corrected chi connectivity index (χ3v) is 3.80. The number of nitrogens with zero attached hydrogens (tertiary/aromatic N) is 2.